The molecule has 234 valence electrons. The number of carbonyl (C=O) groups excluding carboxylic acids is 4. The van der Waals surface area contributed by atoms with E-state index in [1.165, 1.54) is 0 Å². The van der Waals surface area contributed by atoms with Crippen molar-refractivity contribution in [1.29, 1.82) is 10.8 Å². The summed E-state index contributed by atoms with van der Waals surface area (Å²) >= 11 is 0. The predicted molar refractivity (Wildman–Crippen MR) is 156 cm³/mol. The highest BCUT2D eigenvalue weighted by atomic mass is 16.2. The summed E-state index contributed by atoms with van der Waals surface area (Å²) in [7, 11) is 0. The molecule has 20 heteroatoms. The van der Waals surface area contributed by atoms with Crippen molar-refractivity contribution >= 4 is 47.2 Å². The van der Waals surface area contributed by atoms with Crippen LogP contribution in [0, 0.1) is 10.8 Å². The van der Waals surface area contributed by atoms with Crippen molar-refractivity contribution in [3.63, 3.8) is 0 Å². The molecule has 42 heavy (non-hydrogen) atoms. The predicted octanol–water partition coefficient (Wildman–Crippen LogP) is -5.49. The molecule has 4 amide bonds. The lowest BCUT2D eigenvalue weighted by Crippen LogP contribution is -2.49. The second-order valence-electron chi connectivity index (χ2n) is 8.87. The molecule has 1 heterocycles. The van der Waals surface area contributed by atoms with Crippen LogP contribution in [0.25, 0.3) is 0 Å². The minimum atomic E-state index is -1.02. The zero-order valence-corrected chi connectivity index (χ0v) is 23.2. The topological polar surface area (TPSA) is 370 Å². The van der Waals surface area contributed by atoms with Gasteiger partial charge in [-0.1, -0.05) is 0 Å². The molecule has 0 spiro atoms. The molecule has 0 aliphatic carbocycles. The summed E-state index contributed by atoms with van der Waals surface area (Å²) in [5.74, 6) is -4.13. The Labute approximate surface area is 242 Å². The first-order valence-electron chi connectivity index (χ1n) is 13.1. The van der Waals surface area contributed by atoms with Crippen LogP contribution in [0.5, 0.6) is 0 Å². The lowest BCUT2D eigenvalue weighted by Gasteiger charge is -2.20. The molecule has 1 rings (SSSR count). The number of nitrogen functional groups attached to an aromatic ring is 2. The third-order valence-electron chi connectivity index (χ3n) is 5.48. The number of nitrogens with one attached hydrogen (secondary N) is 8. The summed E-state index contributed by atoms with van der Waals surface area (Å²) in [6.45, 7) is 1.28. The van der Waals surface area contributed by atoms with Gasteiger partial charge < -0.3 is 66.3 Å². The second kappa shape index (κ2) is 18.4. The Morgan fingerprint density at radius 1 is 0.643 bits per heavy atom. The van der Waals surface area contributed by atoms with E-state index < -0.39 is 58.7 Å². The molecular formula is C22H42N16O4. The van der Waals surface area contributed by atoms with E-state index in [4.69, 9.17) is 45.2 Å². The molecule has 20 nitrogen and oxygen atoms in total. The zero-order chi connectivity index (χ0) is 31.7. The number of rotatable bonds is 18. The van der Waals surface area contributed by atoms with Gasteiger partial charge in [-0.25, -0.2) is 9.97 Å². The first-order chi connectivity index (χ1) is 19.9. The fraction of sp³-hybridized carbons (Fsp3) is 0.545. The Balaban J connectivity index is 3.05. The van der Waals surface area contributed by atoms with Gasteiger partial charge in [0.1, 0.15) is 12.1 Å². The third kappa shape index (κ3) is 12.5. The fourth-order valence-corrected chi connectivity index (χ4v) is 3.48. The number of hydrogen-bond acceptors (Lipinski definition) is 12. The van der Waals surface area contributed by atoms with Crippen LogP contribution in [-0.4, -0.2) is 96.9 Å². The minimum Gasteiger partial charge on any atom is -0.382 e. The highest BCUT2D eigenvalue weighted by Crippen LogP contribution is 2.14. The van der Waals surface area contributed by atoms with Crippen LogP contribution in [0.3, 0.4) is 0 Å². The summed E-state index contributed by atoms with van der Waals surface area (Å²) in [5, 5.41) is 29.8. The van der Waals surface area contributed by atoms with Gasteiger partial charge in [0.2, 0.25) is 11.8 Å². The van der Waals surface area contributed by atoms with Crippen molar-refractivity contribution in [2.75, 3.05) is 50.7 Å². The first-order valence-corrected chi connectivity index (χ1v) is 13.1. The summed E-state index contributed by atoms with van der Waals surface area (Å²) < 4.78 is 0. The van der Waals surface area contributed by atoms with E-state index in [1.54, 1.807) is 0 Å². The largest absolute Gasteiger partial charge is 0.382 e. The van der Waals surface area contributed by atoms with Crippen molar-refractivity contribution in [1.82, 2.24) is 41.9 Å². The van der Waals surface area contributed by atoms with E-state index in [-0.39, 0.29) is 64.0 Å². The highest BCUT2D eigenvalue weighted by molar-refractivity contribution is 6.03. The number of guanidine groups is 2. The average Bonchev–Trinajstić information content (AvgIpc) is 2.93. The van der Waals surface area contributed by atoms with Gasteiger partial charge in [-0.3, -0.25) is 30.0 Å². The first kappa shape index (κ1) is 35.0. The Bertz CT molecular complexity index is 1030. The molecule has 1 unspecified atom stereocenters. The van der Waals surface area contributed by atoms with Crippen molar-refractivity contribution in [3.05, 3.63) is 11.4 Å². The molecule has 1 aromatic rings. The van der Waals surface area contributed by atoms with E-state index in [1.807, 2.05) is 0 Å². The summed E-state index contributed by atoms with van der Waals surface area (Å²) in [6.07, 6.45) is 1.07. The van der Waals surface area contributed by atoms with Crippen molar-refractivity contribution in [3.8, 4) is 0 Å². The number of nitrogens with two attached hydrogens (primary N) is 6. The summed E-state index contributed by atoms with van der Waals surface area (Å²) in [5.41, 5.74) is 32.4. The zero-order valence-electron chi connectivity index (χ0n) is 23.2. The Morgan fingerprint density at radius 2 is 1.00 bits per heavy atom. The van der Waals surface area contributed by atoms with Gasteiger partial charge >= 0.3 is 0 Å². The molecule has 0 radical (unpaired) electrons. The Kier molecular flexibility index (Phi) is 15.3. The monoisotopic (exact) mass is 594 g/mol. The quantitative estimate of drug-likeness (QED) is 0.0428. The van der Waals surface area contributed by atoms with Gasteiger partial charge in [-0.2, -0.15) is 0 Å². The smallest absolute Gasteiger partial charge is 0.274 e. The van der Waals surface area contributed by atoms with Gasteiger partial charge in [0, 0.05) is 39.3 Å². The maximum Gasteiger partial charge on any atom is 0.274 e. The molecule has 0 saturated carbocycles. The SMILES string of the molecule is N=C(N)NCCCC(NC(=O)c1nc(N)c(C(=O)N[C@@H](CCCNC(=N)N)C(=O)NCCN)nc1N)C(=O)NCCN. The average molecular weight is 595 g/mol. The van der Waals surface area contributed by atoms with Crippen LogP contribution >= 0.6 is 0 Å². The number of amides is 4. The number of hydrogen-bond donors (Lipinski definition) is 14. The Morgan fingerprint density at radius 3 is 1.31 bits per heavy atom. The van der Waals surface area contributed by atoms with E-state index >= 15 is 0 Å². The molecule has 0 saturated heterocycles. The van der Waals surface area contributed by atoms with Crippen molar-refractivity contribution < 1.29 is 19.2 Å². The Hall–Kier alpha value is -4.98. The lowest BCUT2D eigenvalue weighted by molar-refractivity contribution is -0.123. The van der Waals surface area contributed by atoms with Crippen molar-refractivity contribution in [2.24, 2.45) is 22.9 Å². The normalized spacial score (nSPS) is 11.9. The van der Waals surface area contributed by atoms with Gasteiger partial charge in [0.25, 0.3) is 11.8 Å². The summed E-state index contributed by atoms with van der Waals surface area (Å²) in [4.78, 5) is 58.9. The van der Waals surface area contributed by atoms with Gasteiger partial charge in [0.15, 0.2) is 34.9 Å². The van der Waals surface area contributed by atoms with E-state index in [9.17, 15) is 19.2 Å². The third-order valence-corrected chi connectivity index (χ3v) is 5.48. The van der Waals surface area contributed by atoms with E-state index in [0.29, 0.717) is 12.8 Å². The number of aromatic nitrogens is 2. The standard InChI is InChI=1S/C22H42N16O4/c23-5-9-31-17(39)11(3-1-7-33-21(27)28)35-19(41)13-15(25)38-14(16(26)37-13)20(42)36-12(18(40)32-10-6-24)4-2-8-34-22(29)30/h11-12H,1-10,23-24H2,(H2,26,37)(H2,25,38)(H,31,39)(H,32,40)(H,35,41)(H,36,42)(H4,27,28,33)(H4,29,30,34)/t11-,12?/m0/s1. The van der Waals surface area contributed by atoms with Crippen LogP contribution in [-0.2, 0) is 9.59 Å². The van der Waals surface area contributed by atoms with Crippen LogP contribution in [0.4, 0.5) is 11.6 Å². The maximum atomic E-state index is 13.0. The molecular weight excluding hydrogens is 552 g/mol. The van der Waals surface area contributed by atoms with Crippen LogP contribution in [0.15, 0.2) is 0 Å². The minimum absolute atomic E-state index is 0.168. The number of anilines is 2. The lowest BCUT2D eigenvalue weighted by atomic mass is 10.1. The number of nitrogens with zero attached hydrogens (tertiary/aromatic N) is 2. The molecule has 0 fully saturated rings. The molecule has 0 aromatic carbocycles. The maximum absolute atomic E-state index is 13.0. The molecule has 0 aliphatic rings. The van der Waals surface area contributed by atoms with Gasteiger partial charge in [-0.15, -0.1) is 0 Å². The van der Waals surface area contributed by atoms with Crippen LogP contribution < -0.4 is 66.3 Å². The molecule has 1 aromatic heterocycles. The molecule has 20 N–H and O–H groups in total. The fourth-order valence-electron chi connectivity index (χ4n) is 3.48. The molecule has 2 atom stereocenters. The summed E-state index contributed by atoms with van der Waals surface area (Å²) in [6, 6.07) is -2.04. The van der Waals surface area contributed by atoms with Gasteiger partial charge in [0.05, 0.1) is 0 Å². The van der Waals surface area contributed by atoms with Crippen molar-refractivity contribution in [2.45, 2.75) is 37.8 Å². The highest BCUT2D eigenvalue weighted by Gasteiger charge is 2.27. The van der Waals surface area contributed by atoms with E-state index in [2.05, 4.69) is 41.9 Å². The second-order valence-corrected chi connectivity index (χ2v) is 8.87. The van der Waals surface area contributed by atoms with Crippen LogP contribution in [0.2, 0.25) is 0 Å². The van der Waals surface area contributed by atoms with Gasteiger partial charge in [-0.05, 0) is 25.7 Å². The van der Waals surface area contributed by atoms with Crippen LogP contribution in [0.1, 0.15) is 46.7 Å². The van der Waals surface area contributed by atoms with E-state index in [0.717, 1.165) is 0 Å². The molecule has 0 bridgehead atoms. The molecule has 0 aliphatic heterocycles. The number of carbonyl (C=O) groups is 4.